The first-order valence-electron chi connectivity index (χ1n) is 6.50. The highest BCUT2D eigenvalue weighted by Gasteiger charge is 2.36. The molecule has 2 unspecified atom stereocenters. The zero-order valence-electron chi connectivity index (χ0n) is 11.0. The second kappa shape index (κ2) is 5.41. The number of aliphatic carboxylic acids is 1. The van der Waals surface area contributed by atoms with Gasteiger partial charge in [0, 0.05) is 10.9 Å². The monoisotopic (exact) mass is 267 g/mol. The molecule has 0 aromatic carbocycles. The Kier molecular flexibility index (Phi) is 4.07. The zero-order chi connectivity index (χ0) is 13.2. The van der Waals surface area contributed by atoms with Crippen LogP contribution in [0.2, 0.25) is 0 Å². The smallest absolute Gasteiger partial charge is 0.305 e. The van der Waals surface area contributed by atoms with Gasteiger partial charge in [-0.25, -0.2) is 0 Å². The van der Waals surface area contributed by atoms with E-state index in [1.165, 1.54) is 12.8 Å². The Balaban J connectivity index is 2.08. The lowest BCUT2D eigenvalue weighted by Crippen LogP contribution is -2.40. The van der Waals surface area contributed by atoms with Crippen LogP contribution in [0.1, 0.15) is 50.4 Å². The van der Waals surface area contributed by atoms with Gasteiger partial charge in [0.15, 0.2) is 0 Å². The maximum Gasteiger partial charge on any atom is 0.305 e. The third-order valence-corrected chi connectivity index (χ3v) is 4.91. The van der Waals surface area contributed by atoms with E-state index in [4.69, 9.17) is 5.11 Å². The van der Waals surface area contributed by atoms with Crippen molar-refractivity contribution >= 4 is 17.3 Å². The van der Waals surface area contributed by atoms with E-state index in [-0.39, 0.29) is 17.9 Å². The highest BCUT2D eigenvalue weighted by Crippen LogP contribution is 2.39. The van der Waals surface area contributed by atoms with Crippen LogP contribution in [0.3, 0.4) is 0 Å². The van der Waals surface area contributed by atoms with Crippen LogP contribution in [0, 0.1) is 5.41 Å². The molecule has 0 aliphatic heterocycles. The number of hydrogen-bond donors (Lipinski definition) is 2. The van der Waals surface area contributed by atoms with Gasteiger partial charge in [0.25, 0.3) is 0 Å². The van der Waals surface area contributed by atoms with Crippen molar-refractivity contribution in [1.82, 2.24) is 5.32 Å². The minimum atomic E-state index is -0.739. The van der Waals surface area contributed by atoms with Crippen molar-refractivity contribution in [1.29, 1.82) is 0 Å². The van der Waals surface area contributed by atoms with E-state index in [1.54, 1.807) is 11.3 Å². The van der Waals surface area contributed by atoms with Gasteiger partial charge in [0.2, 0.25) is 0 Å². The number of nitrogens with one attached hydrogen (secondary N) is 1. The number of carbonyl (C=O) groups is 1. The highest BCUT2D eigenvalue weighted by molar-refractivity contribution is 7.10. The molecule has 4 heteroatoms. The molecule has 0 spiro atoms. The normalized spacial score (nSPS) is 24.0. The lowest BCUT2D eigenvalue weighted by atomic mass is 9.87. The van der Waals surface area contributed by atoms with E-state index in [1.807, 2.05) is 17.5 Å². The lowest BCUT2D eigenvalue weighted by molar-refractivity contribution is -0.137. The molecule has 0 bridgehead atoms. The van der Waals surface area contributed by atoms with E-state index in [0.29, 0.717) is 6.04 Å². The van der Waals surface area contributed by atoms with Gasteiger partial charge in [-0.1, -0.05) is 26.3 Å². The molecule has 1 aliphatic carbocycles. The van der Waals surface area contributed by atoms with E-state index < -0.39 is 5.97 Å². The fraction of sp³-hybridized carbons (Fsp3) is 0.643. The largest absolute Gasteiger partial charge is 0.481 e. The van der Waals surface area contributed by atoms with Gasteiger partial charge < -0.3 is 10.4 Å². The molecule has 0 radical (unpaired) electrons. The molecule has 1 saturated carbocycles. The summed E-state index contributed by atoms with van der Waals surface area (Å²) in [5.41, 5.74) is 0.272. The Labute approximate surface area is 112 Å². The van der Waals surface area contributed by atoms with E-state index in [9.17, 15) is 4.79 Å². The molecule has 1 aromatic heterocycles. The van der Waals surface area contributed by atoms with Crippen molar-refractivity contribution in [2.75, 3.05) is 0 Å². The highest BCUT2D eigenvalue weighted by atomic mass is 32.1. The molecule has 1 fully saturated rings. The molecule has 0 amide bonds. The molecule has 0 saturated heterocycles. The standard InChI is InChI=1S/C14H21NO2S/c1-14(2)7-3-6-12(14)15-10(9-13(16)17)11-5-4-8-18-11/h4-5,8,10,12,15H,3,6-7,9H2,1-2H3,(H,16,17). The fourth-order valence-corrected chi connectivity index (χ4v) is 3.57. The van der Waals surface area contributed by atoms with Crippen molar-refractivity contribution in [2.24, 2.45) is 5.41 Å². The first kappa shape index (κ1) is 13.6. The van der Waals surface area contributed by atoms with Crippen LogP contribution < -0.4 is 5.32 Å². The van der Waals surface area contributed by atoms with Crippen LogP contribution in [0.4, 0.5) is 0 Å². The first-order chi connectivity index (χ1) is 8.49. The SMILES string of the molecule is CC1(C)CCCC1NC(CC(=O)O)c1cccs1. The maximum absolute atomic E-state index is 11.0. The van der Waals surface area contributed by atoms with E-state index >= 15 is 0 Å². The van der Waals surface area contributed by atoms with Crippen molar-refractivity contribution in [3.8, 4) is 0 Å². The molecule has 3 nitrogen and oxygen atoms in total. The molecule has 1 heterocycles. The Morgan fingerprint density at radius 3 is 2.94 bits per heavy atom. The molecule has 2 atom stereocenters. The number of carboxylic acid groups (broad SMARTS) is 1. The molecule has 100 valence electrons. The summed E-state index contributed by atoms with van der Waals surface area (Å²) in [5.74, 6) is -0.739. The summed E-state index contributed by atoms with van der Waals surface area (Å²) >= 11 is 1.63. The second-order valence-electron chi connectivity index (χ2n) is 5.77. The van der Waals surface area contributed by atoms with Crippen molar-refractivity contribution in [2.45, 2.75) is 51.6 Å². The predicted octanol–water partition coefficient (Wildman–Crippen LogP) is 3.43. The third kappa shape index (κ3) is 3.12. The molecule has 18 heavy (non-hydrogen) atoms. The number of thiophene rings is 1. The molecule has 1 aliphatic rings. The van der Waals surface area contributed by atoms with Crippen LogP contribution in [0.5, 0.6) is 0 Å². The average molecular weight is 267 g/mol. The average Bonchev–Trinajstić information content (AvgIpc) is 2.87. The number of carboxylic acids is 1. The van der Waals surface area contributed by atoms with Gasteiger partial charge in [-0.2, -0.15) is 0 Å². The second-order valence-corrected chi connectivity index (χ2v) is 6.75. The summed E-state index contributed by atoms with van der Waals surface area (Å²) in [6, 6.07) is 4.37. The summed E-state index contributed by atoms with van der Waals surface area (Å²) in [6.45, 7) is 4.54. The minimum Gasteiger partial charge on any atom is -0.481 e. The topological polar surface area (TPSA) is 49.3 Å². The van der Waals surface area contributed by atoms with Crippen molar-refractivity contribution < 1.29 is 9.90 Å². The van der Waals surface area contributed by atoms with Crippen LogP contribution in [0.15, 0.2) is 17.5 Å². The lowest BCUT2D eigenvalue weighted by Gasteiger charge is -2.31. The molecular formula is C14H21NO2S. The van der Waals surface area contributed by atoms with Crippen molar-refractivity contribution in [3.63, 3.8) is 0 Å². The van der Waals surface area contributed by atoms with Crippen LogP contribution in [0.25, 0.3) is 0 Å². The fourth-order valence-electron chi connectivity index (χ4n) is 2.78. The Morgan fingerprint density at radius 2 is 2.44 bits per heavy atom. The zero-order valence-corrected chi connectivity index (χ0v) is 11.8. The quantitative estimate of drug-likeness (QED) is 0.859. The van der Waals surface area contributed by atoms with Gasteiger partial charge in [-0.15, -0.1) is 11.3 Å². The van der Waals surface area contributed by atoms with E-state index in [2.05, 4.69) is 19.2 Å². The Hall–Kier alpha value is -0.870. The summed E-state index contributed by atoms with van der Waals surface area (Å²) in [4.78, 5) is 12.1. The van der Waals surface area contributed by atoms with Gasteiger partial charge in [0.05, 0.1) is 12.5 Å². The van der Waals surface area contributed by atoms with Crippen LogP contribution in [-0.4, -0.2) is 17.1 Å². The van der Waals surface area contributed by atoms with Gasteiger partial charge in [0.1, 0.15) is 0 Å². The van der Waals surface area contributed by atoms with Gasteiger partial charge >= 0.3 is 5.97 Å². The maximum atomic E-state index is 11.0. The molecule has 1 aromatic rings. The summed E-state index contributed by atoms with van der Waals surface area (Å²) in [7, 11) is 0. The summed E-state index contributed by atoms with van der Waals surface area (Å²) in [6.07, 6.45) is 3.76. The van der Waals surface area contributed by atoms with Crippen LogP contribution in [-0.2, 0) is 4.79 Å². The van der Waals surface area contributed by atoms with Gasteiger partial charge in [-0.05, 0) is 29.7 Å². The Bertz CT molecular complexity index is 400. The minimum absolute atomic E-state index is 0.0510. The first-order valence-corrected chi connectivity index (χ1v) is 7.38. The van der Waals surface area contributed by atoms with Gasteiger partial charge in [-0.3, -0.25) is 4.79 Å². The Morgan fingerprint density at radius 1 is 1.67 bits per heavy atom. The predicted molar refractivity (Wildman–Crippen MR) is 73.9 cm³/mol. The summed E-state index contributed by atoms with van der Waals surface area (Å²) < 4.78 is 0. The van der Waals surface area contributed by atoms with Crippen LogP contribution >= 0.6 is 11.3 Å². The van der Waals surface area contributed by atoms with E-state index in [0.717, 1.165) is 11.3 Å². The van der Waals surface area contributed by atoms with Crippen molar-refractivity contribution in [3.05, 3.63) is 22.4 Å². The summed E-state index contributed by atoms with van der Waals surface area (Å²) in [5, 5.41) is 14.6. The molecule has 2 N–H and O–H groups in total. The third-order valence-electron chi connectivity index (χ3n) is 3.92. The molecular weight excluding hydrogens is 246 g/mol. The number of hydrogen-bond acceptors (Lipinski definition) is 3. The number of rotatable bonds is 5. The molecule has 2 rings (SSSR count).